The van der Waals surface area contributed by atoms with E-state index in [2.05, 4.69) is 4.98 Å². The number of hydrogen-bond acceptors (Lipinski definition) is 3. The fourth-order valence-electron chi connectivity index (χ4n) is 2.59. The van der Waals surface area contributed by atoms with Crippen molar-refractivity contribution >= 4 is 28.6 Å². The number of aromatic nitrogens is 1. The number of likely N-dealkylation sites (N-methyl/N-ethyl adjacent to an activating group) is 1. The number of quaternary nitrogens is 1. The molecule has 2 N–H and O–H groups in total. The van der Waals surface area contributed by atoms with Gasteiger partial charge in [0.2, 0.25) is 0 Å². The molecule has 2 heterocycles. The SMILES string of the molecule is C[NH+](C)CCOC(=O)c1ccc2[nH]c3c(c2c1)CSCC3. The van der Waals surface area contributed by atoms with E-state index in [-0.39, 0.29) is 5.97 Å². The van der Waals surface area contributed by atoms with Crippen LogP contribution in [-0.2, 0) is 16.9 Å². The Morgan fingerprint density at radius 1 is 1.43 bits per heavy atom. The maximum absolute atomic E-state index is 12.1. The van der Waals surface area contributed by atoms with Crippen LogP contribution >= 0.6 is 11.8 Å². The van der Waals surface area contributed by atoms with Crippen LogP contribution in [0.2, 0.25) is 0 Å². The molecular formula is C16H21N2O2S+. The van der Waals surface area contributed by atoms with Crippen LogP contribution in [0.4, 0.5) is 0 Å². The first-order chi connectivity index (χ1) is 10.1. The van der Waals surface area contributed by atoms with E-state index in [4.69, 9.17) is 4.74 Å². The molecule has 0 fully saturated rings. The van der Waals surface area contributed by atoms with Gasteiger partial charge in [-0.3, -0.25) is 0 Å². The van der Waals surface area contributed by atoms with Gasteiger partial charge in [-0.1, -0.05) is 0 Å². The first-order valence-electron chi connectivity index (χ1n) is 7.32. The lowest BCUT2D eigenvalue weighted by Gasteiger charge is -2.10. The number of benzene rings is 1. The molecular weight excluding hydrogens is 284 g/mol. The number of rotatable bonds is 4. The number of ether oxygens (including phenoxy) is 1. The molecule has 0 spiro atoms. The van der Waals surface area contributed by atoms with Gasteiger partial charge in [-0.25, -0.2) is 4.79 Å². The molecule has 0 saturated carbocycles. The molecule has 1 aromatic carbocycles. The van der Waals surface area contributed by atoms with E-state index < -0.39 is 0 Å². The summed E-state index contributed by atoms with van der Waals surface area (Å²) in [5.74, 6) is 1.97. The Morgan fingerprint density at radius 3 is 3.10 bits per heavy atom. The number of fused-ring (bicyclic) bond motifs is 3. The Hall–Kier alpha value is -1.46. The smallest absolute Gasteiger partial charge is 0.338 e. The molecule has 0 unspecified atom stereocenters. The van der Waals surface area contributed by atoms with Gasteiger partial charge in [-0.15, -0.1) is 0 Å². The van der Waals surface area contributed by atoms with Crippen LogP contribution in [0.25, 0.3) is 10.9 Å². The minimum atomic E-state index is -0.225. The van der Waals surface area contributed by atoms with E-state index in [9.17, 15) is 4.79 Å². The molecule has 0 aliphatic carbocycles. The second-order valence-corrected chi connectivity index (χ2v) is 6.84. The summed E-state index contributed by atoms with van der Waals surface area (Å²) in [6, 6.07) is 5.82. The monoisotopic (exact) mass is 305 g/mol. The summed E-state index contributed by atoms with van der Waals surface area (Å²) < 4.78 is 5.33. The van der Waals surface area contributed by atoms with Crippen molar-refractivity contribution in [1.82, 2.24) is 4.98 Å². The predicted molar refractivity (Wildman–Crippen MR) is 86.1 cm³/mol. The molecule has 1 aliphatic rings. The van der Waals surface area contributed by atoms with Crippen molar-refractivity contribution in [3.8, 4) is 0 Å². The summed E-state index contributed by atoms with van der Waals surface area (Å²) in [5.41, 5.74) is 4.45. The van der Waals surface area contributed by atoms with Crippen molar-refractivity contribution in [2.75, 3.05) is 33.0 Å². The number of carbonyl (C=O) groups excluding carboxylic acids is 1. The molecule has 4 nitrogen and oxygen atoms in total. The van der Waals surface area contributed by atoms with Crippen molar-refractivity contribution in [2.24, 2.45) is 0 Å². The summed E-state index contributed by atoms with van der Waals surface area (Å²) in [4.78, 5) is 16.9. The maximum Gasteiger partial charge on any atom is 0.338 e. The van der Waals surface area contributed by atoms with Crippen LogP contribution < -0.4 is 4.90 Å². The molecule has 112 valence electrons. The lowest BCUT2D eigenvalue weighted by Crippen LogP contribution is -3.06. The van der Waals surface area contributed by atoms with Crippen LogP contribution in [0.3, 0.4) is 0 Å². The third kappa shape index (κ3) is 3.09. The van der Waals surface area contributed by atoms with Gasteiger partial charge in [0.05, 0.1) is 19.7 Å². The maximum atomic E-state index is 12.1. The number of esters is 1. The van der Waals surface area contributed by atoms with E-state index in [1.54, 1.807) is 0 Å². The third-order valence-corrected chi connectivity index (χ3v) is 4.79. The summed E-state index contributed by atoms with van der Waals surface area (Å²) in [6.45, 7) is 1.28. The van der Waals surface area contributed by atoms with E-state index >= 15 is 0 Å². The Morgan fingerprint density at radius 2 is 2.29 bits per heavy atom. The summed E-state index contributed by atoms with van der Waals surface area (Å²) >= 11 is 1.95. The van der Waals surface area contributed by atoms with Gasteiger partial charge >= 0.3 is 5.97 Å². The van der Waals surface area contributed by atoms with Gasteiger partial charge in [-0.2, -0.15) is 11.8 Å². The summed E-state index contributed by atoms with van der Waals surface area (Å²) in [6.07, 6.45) is 1.08. The molecule has 0 bridgehead atoms. The predicted octanol–water partition coefficient (Wildman–Crippen LogP) is 1.26. The number of thioether (sulfide) groups is 1. The van der Waals surface area contributed by atoms with Crippen LogP contribution in [0.15, 0.2) is 18.2 Å². The van der Waals surface area contributed by atoms with Gasteiger partial charge in [0, 0.05) is 22.3 Å². The van der Waals surface area contributed by atoms with Crippen molar-refractivity contribution in [3.63, 3.8) is 0 Å². The highest BCUT2D eigenvalue weighted by Crippen LogP contribution is 2.31. The average Bonchev–Trinajstić information content (AvgIpc) is 2.84. The second kappa shape index (κ2) is 6.12. The minimum Gasteiger partial charge on any atom is -0.456 e. The molecule has 0 atom stereocenters. The Kier molecular flexibility index (Phi) is 4.22. The van der Waals surface area contributed by atoms with E-state index in [1.807, 2.05) is 44.1 Å². The normalized spacial score (nSPS) is 14.4. The van der Waals surface area contributed by atoms with E-state index in [1.165, 1.54) is 27.3 Å². The molecule has 3 rings (SSSR count). The van der Waals surface area contributed by atoms with Crippen LogP contribution in [0.5, 0.6) is 0 Å². The lowest BCUT2D eigenvalue weighted by molar-refractivity contribution is -0.858. The fourth-order valence-corrected chi connectivity index (χ4v) is 3.62. The van der Waals surface area contributed by atoms with Gasteiger partial charge in [0.1, 0.15) is 13.2 Å². The van der Waals surface area contributed by atoms with Crippen molar-refractivity contribution in [2.45, 2.75) is 12.2 Å². The molecule has 1 aliphatic heterocycles. The molecule has 21 heavy (non-hydrogen) atoms. The quantitative estimate of drug-likeness (QED) is 0.836. The van der Waals surface area contributed by atoms with Gasteiger partial charge in [0.25, 0.3) is 0 Å². The van der Waals surface area contributed by atoms with Crippen molar-refractivity contribution < 1.29 is 14.4 Å². The molecule has 2 aromatic rings. The number of aryl methyl sites for hydroxylation is 1. The number of hydrogen-bond donors (Lipinski definition) is 2. The Bertz CT molecular complexity index is 664. The van der Waals surface area contributed by atoms with Crippen molar-refractivity contribution in [3.05, 3.63) is 35.0 Å². The van der Waals surface area contributed by atoms with E-state index in [0.717, 1.165) is 24.2 Å². The first-order valence-corrected chi connectivity index (χ1v) is 8.48. The highest BCUT2D eigenvalue weighted by Gasteiger charge is 2.17. The standard InChI is InChI=1S/C16H20N2O2S/c1-18(2)6-7-20-16(19)11-3-4-14-12(9-11)13-10-21-8-5-15(13)17-14/h3-4,9,17H,5-8,10H2,1-2H3/p+1. The second-order valence-electron chi connectivity index (χ2n) is 5.74. The Balaban J connectivity index is 1.81. The fraction of sp³-hybridized carbons (Fsp3) is 0.438. The van der Waals surface area contributed by atoms with Crippen LogP contribution in [-0.4, -0.2) is 44.0 Å². The Labute approximate surface area is 128 Å². The summed E-state index contributed by atoms with van der Waals surface area (Å²) in [5, 5.41) is 1.17. The largest absolute Gasteiger partial charge is 0.456 e. The molecule has 1 aromatic heterocycles. The lowest BCUT2D eigenvalue weighted by atomic mass is 10.1. The zero-order valence-electron chi connectivity index (χ0n) is 12.5. The highest BCUT2D eigenvalue weighted by molar-refractivity contribution is 7.98. The van der Waals surface area contributed by atoms with Gasteiger partial charge in [-0.05, 0) is 35.9 Å². The number of H-pyrrole nitrogens is 1. The number of nitrogens with one attached hydrogen (secondary N) is 2. The molecule has 5 heteroatoms. The minimum absolute atomic E-state index is 0.225. The molecule has 0 radical (unpaired) electrons. The number of aromatic amines is 1. The van der Waals surface area contributed by atoms with E-state index in [0.29, 0.717) is 12.2 Å². The first kappa shape index (κ1) is 14.5. The van der Waals surface area contributed by atoms with Crippen molar-refractivity contribution in [1.29, 1.82) is 0 Å². The third-order valence-electron chi connectivity index (χ3n) is 3.81. The van der Waals surface area contributed by atoms with Crippen LogP contribution in [0, 0.1) is 0 Å². The van der Waals surface area contributed by atoms with Gasteiger partial charge < -0.3 is 14.6 Å². The topological polar surface area (TPSA) is 46.5 Å². The average molecular weight is 305 g/mol. The summed E-state index contributed by atoms with van der Waals surface area (Å²) in [7, 11) is 4.09. The highest BCUT2D eigenvalue weighted by atomic mass is 32.2. The molecule has 0 saturated heterocycles. The van der Waals surface area contributed by atoms with Gasteiger partial charge in [0.15, 0.2) is 0 Å². The zero-order valence-corrected chi connectivity index (χ0v) is 13.3. The number of carbonyl (C=O) groups is 1. The van der Waals surface area contributed by atoms with Crippen LogP contribution in [0.1, 0.15) is 21.6 Å². The zero-order chi connectivity index (χ0) is 14.8. The molecule has 0 amide bonds.